The number of benzene rings is 1. The first-order valence-electron chi connectivity index (χ1n) is 7.64. The average Bonchev–Trinajstić information content (AvgIpc) is 3.01. The number of methoxy groups -OCH3 is 1. The summed E-state index contributed by atoms with van der Waals surface area (Å²) in [7, 11) is 1.58. The molecular formula is C16H19N5O3. The molecule has 2 aromatic rings. The summed E-state index contributed by atoms with van der Waals surface area (Å²) in [6, 6.07) is 5.16. The Labute approximate surface area is 139 Å². The van der Waals surface area contributed by atoms with Crippen LogP contribution in [0.5, 0.6) is 11.5 Å². The van der Waals surface area contributed by atoms with E-state index in [9.17, 15) is 4.79 Å². The zero-order valence-electron chi connectivity index (χ0n) is 14.0. The van der Waals surface area contributed by atoms with Crippen LogP contribution in [0.25, 0.3) is 0 Å². The number of rotatable bonds is 5. The lowest BCUT2D eigenvalue weighted by atomic mass is 9.93. The molecule has 1 unspecified atom stereocenters. The Morgan fingerprint density at radius 3 is 2.83 bits per heavy atom. The van der Waals surface area contributed by atoms with Gasteiger partial charge in [0.25, 0.3) is 0 Å². The molecule has 0 spiro atoms. The van der Waals surface area contributed by atoms with Gasteiger partial charge in [-0.2, -0.15) is 4.68 Å². The van der Waals surface area contributed by atoms with E-state index < -0.39 is 6.04 Å². The molecule has 0 saturated heterocycles. The van der Waals surface area contributed by atoms with Crippen molar-refractivity contribution < 1.29 is 14.3 Å². The van der Waals surface area contributed by atoms with Gasteiger partial charge in [0.15, 0.2) is 17.3 Å². The van der Waals surface area contributed by atoms with Gasteiger partial charge in [-0.25, -0.2) is 0 Å². The van der Waals surface area contributed by atoms with Crippen molar-refractivity contribution in [2.45, 2.75) is 26.8 Å². The predicted octanol–water partition coefficient (Wildman–Crippen LogP) is 1.96. The second kappa shape index (κ2) is 6.31. The van der Waals surface area contributed by atoms with Gasteiger partial charge in [-0.05, 0) is 48.9 Å². The molecule has 1 aromatic carbocycles. The maximum absolute atomic E-state index is 12.2. The van der Waals surface area contributed by atoms with Gasteiger partial charge in [0, 0.05) is 11.3 Å². The Kier molecular flexibility index (Phi) is 4.20. The number of Topliss-reactive ketones (excluding diaryl/α,β-unsaturated/α-hetero) is 1. The van der Waals surface area contributed by atoms with Crippen molar-refractivity contribution in [3.63, 3.8) is 0 Å². The molecule has 8 nitrogen and oxygen atoms in total. The summed E-state index contributed by atoms with van der Waals surface area (Å²) in [6.07, 6.45) is 0. The molecule has 1 aromatic heterocycles. The van der Waals surface area contributed by atoms with Gasteiger partial charge in [-0.3, -0.25) is 4.79 Å². The molecule has 0 aliphatic carbocycles. The van der Waals surface area contributed by atoms with Crippen molar-refractivity contribution in [1.82, 2.24) is 20.2 Å². The van der Waals surface area contributed by atoms with E-state index in [4.69, 9.17) is 9.47 Å². The Bertz CT molecular complexity index is 812. The number of hydrogen-bond acceptors (Lipinski definition) is 7. The van der Waals surface area contributed by atoms with Crippen LogP contribution in [0.3, 0.4) is 0 Å². The Hall–Kier alpha value is -2.90. The van der Waals surface area contributed by atoms with Crippen molar-refractivity contribution in [3.05, 3.63) is 35.0 Å². The highest BCUT2D eigenvalue weighted by Crippen LogP contribution is 2.38. The standard InChI is InChI=1S/C16H19N5O3/c1-5-24-12-7-6-11(8-13(12)23-4)15-14(10(3)22)9(2)17-16-18-19-20-21(15)16/h6-8,15H,5H2,1-4H3,(H,17,18,20). The number of hydrogen-bond donors (Lipinski definition) is 1. The zero-order chi connectivity index (χ0) is 17.3. The summed E-state index contributed by atoms with van der Waals surface area (Å²) in [5, 5.41) is 14.8. The van der Waals surface area contributed by atoms with Gasteiger partial charge in [-0.15, -0.1) is 0 Å². The minimum absolute atomic E-state index is 0.0426. The third kappa shape index (κ3) is 2.60. The van der Waals surface area contributed by atoms with Gasteiger partial charge in [0.2, 0.25) is 5.95 Å². The average molecular weight is 329 g/mol. The molecule has 0 bridgehead atoms. The molecule has 24 heavy (non-hydrogen) atoms. The van der Waals surface area contributed by atoms with E-state index >= 15 is 0 Å². The number of carbonyl (C=O) groups excluding carboxylic acids is 1. The van der Waals surface area contributed by atoms with Crippen molar-refractivity contribution in [2.24, 2.45) is 0 Å². The van der Waals surface area contributed by atoms with Gasteiger partial charge >= 0.3 is 0 Å². The topological polar surface area (TPSA) is 91.2 Å². The molecule has 1 aliphatic rings. The highest BCUT2D eigenvalue weighted by molar-refractivity contribution is 5.96. The SMILES string of the molecule is CCOc1ccc(C2C(C(C)=O)=C(C)Nc3nnnn32)cc1OC. The van der Waals surface area contributed by atoms with Crippen LogP contribution >= 0.6 is 0 Å². The smallest absolute Gasteiger partial charge is 0.248 e. The van der Waals surface area contributed by atoms with Crippen LogP contribution < -0.4 is 14.8 Å². The van der Waals surface area contributed by atoms with E-state index in [1.807, 2.05) is 32.0 Å². The van der Waals surface area contributed by atoms with Crippen molar-refractivity contribution in [3.8, 4) is 11.5 Å². The van der Waals surface area contributed by atoms with E-state index in [2.05, 4.69) is 20.8 Å². The normalized spacial score (nSPS) is 16.4. The molecule has 3 rings (SSSR count). The monoisotopic (exact) mass is 329 g/mol. The summed E-state index contributed by atoms with van der Waals surface area (Å²) in [5.41, 5.74) is 2.19. The molecule has 0 fully saturated rings. The number of tetrazole rings is 1. The second-order valence-corrected chi connectivity index (χ2v) is 5.41. The van der Waals surface area contributed by atoms with Crippen molar-refractivity contribution in [2.75, 3.05) is 19.0 Å². The summed E-state index contributed by atoms with van der Waals surface area (Å²) in [6.45, 7) is 5.83. The van der Waals surface area contributed by atoms with Crippen LogP contribution in [0.2, 0.25) is 0 Å². The molecule has 1 N–H and O–H groups in total. The van der Waals surface area contributed by atoms with Crippen LogP contribution in [0.1, 0.15) is 32.4 Å². The molecule has 0 radical (unpaired) electrons. The first-order valence-corrected chi connectivity index (χ1v) is 7.64. The lowest BCUT2D eigenvalue weighted by Gasteiger charge is -2.27. The molecule has 2 heterocycles. The number of allylic oxidation sites excluding steroid dienone is 2. The van der Waals surface area contributed by atoms with Gasteiger partial charge < -0.3 is 14.8 Å². The molecule has 8 heteroatoms. The van der Waals surface area contributed by atoms with Crippen LogP contribution in [0.15, 0.2) is 29.5 Å². The van der Waals surface area contributed by atoms with E-state index in [1.54, 1.807) is 11.8 Å². The van der Waals surface area contributed by atoms with Gasteiger partial charge in [0.05, 0.1) is 13.7 Å². The number of carbonyl (C=O) groups is 1. The third-order valence-electron chi connectivity index (χ3n) is 3.90. The number of ether oxygens (including phenoxy) is 2. The Balaban J connectivity index is 2.14. The quantitative estimate of drug-likeness (QED) is 0.896. The van der Waals surface area contributed by atoms with Crippen molar-refractivity contribution in [1.29, 1.82) is 0 Å². The molecule has 1 atom stereocenters. The fourth-order valence-electron chi connectivity index (χ4n) is 2.91. The van der Waals surface area contributed by atoms with Crippen LogP contribution in [0.4, 0.5) is 5.95 Å². The van der Waals surface area contributed by atoms with E-state index in [-0.39, 0.29) is 5.78 Å². The molecular weight excluding hydrogens is 310 g/mol. The fraction of sp³-hybridized carbons (Fsp3) is 0.375. The summed E-state index contributed by atoms with van der Waals surface area (Å²) < 4.78 is 12.6. The van der Waals surface area contributed by atoms with Crippen LogP contribution in [-0.2, 0) is 4.79 Å². The molecule has 126 valence electrons. The summed E-state index contributed by atoms with van der Waals surface area (Å²) in [4.78, 5) is 12.2. The van der Waals surface area contributed by atoms with E-state index in [0.717, 1.165) is 11.3 Å². The molecule has 1 aliphatic heterocycles. The highest BCUT2D eigenvalue weighted by Gasteiger charge is 2.32. The number of anilines is 1. The van der Waals surface area contributed by atoms with E-state index in [0.29, 0.717) is 29.6 Å². The predicted molar refractivity (Wildman–Crippen MR) is 87.1 cm³/mol. The Morgan fingerprint density at radius 1 is 1.38 bits per heavy atom. The summed E-state index contributed by atoms with van der Waals surface area (Å²) in [5.74, 6) is 1.71. The van der Waals surface area contributed by atoms with E-state index in [1.165, 1.54) is 6.92 Å². The van der Waals surface area contributed by atoms with Crippen LogP contribution in [-0.4, -0.2) is 39.7 Å². The number of aromatic nitrogens is 4. The Morgan fingerprint density at radius 2 is 2.17 bits per heavy atom. The maximum Gasteiger partial charge on any atom is 0.248 e. The lowest BCUT2D eigenvalue weighted by molar-refractivity contribution is -0.114. The molecule has 0 amide bonds. The first kappa shape index (κ1) is 16.0. The number of nitrogens with one attached hydrogen (secondary N) is 1. The number of ketones is 1. The van der Waals surface area contributed by atoms with Gasteiger partial charge in [0.1, 0.15) is 6.04 Å². The van der Waals surface area contributed by atoms with Gasteiger partial charge in [-0.1, -0.05) is 11.2 Å². The largest absolute Gasteiger partial charge is 0.493 e. The third-order valence-corrected chi connectivity index (χ3v) is 3.90. The fourth-order valence-corrected chi connectivity index (χ4v) is 2.91. The number of fused-ring (bicyclic) bond motifs is 1. The lowest BCUT2D eigenvalue weighted by Crippen LogP contribution is -2.27. The minimum Gasteiger partial charge on any atom is -0.493 e. The zero-order valence-corrected chi connectivity index (χ0v) is 14.0. The maximum atomic E-state index is 12.2. The molecule has 0 saturated carbocycles. The second-order valence-electron chi connectivity index (χ2n) is 5.41. The first-order chi connectivity index (χ1) is 11.6. The number of nitrogens with zero attached hydrogens (tertiary/aromatic N) is 4. The van der Waals surface area contributed by atoms with Crippen LogP contribution in [0, 0.1) is 0 Å². The van der Waals surface area contributed by atoms with Crippen molar-refractivity contribution >= 4 is 11.7 Å². The minimum atomic E-state index is -0.418. The summed E-state index contributed by atoms with van der Waals surface area (Å²) >= 11 is 0. The highest BCUT2D eigenvalue weighted by atomic mass is 16.5.